The van der Waals surface area contributed by atoms with Crippen molar-refractivity contribution in [3.8, 4) is 0 Å². The third-order valence-corrected chi connectivity index (χ3v) is 22.7. The number of ether oxygens (including phenoxy) is 2. The van der Waals surface area contributed by atoms with Crippen LogP contribution in [0.1, 0.15) is 174 Å². The van der Waals surface area contributed by atoms with Gasteiger partial charge in [0.2, 0.25) is 70.9 Å². The minimum absolute atomic E-state index is 0.00297. The number of halogens is 4. The Morgan fingerprint density at radius 1 is 0.683 bits per heavy atom. The average Bonchev–Trinajstić information content (AvgIpc) is 1.50. The van der Waals surface area contributed by atoms with Crippen LogP contribution in [0, 0.1) is 23.7 Å². The molecule has 0 radical (unpaired) electrons. The molecule has 0 aromatic heterocycles. The molecule has 6 aliphatic rings. The zero-order valence-corrected chi connectivity index (χ0v) is 63.9. The van der Waals surface area contributed by atoms with Gasteiger partial charge in [0.25, 0.3) is 0 Å². The molecule has 9 atom stereocenters. The second kappa shape index (κ2) is 37.9. The highest BCUT2D eigenvalue weighted by Crippen LogP contribution is 2.39. The van der Waals surface area contributed by atoms with Crippen LogP contribution < -0.4 is 16.0 Å². The maximum Gasteiger partial charge on any atom is 0.417 e. The number of hydrogen-bond donors (Lipinski definition) is 3. The van der Waals surface area contributed by atoms with E-state index >= 15 is 28.8 Å². The van der Waals surface area contributed by atoms with Crippen molar-refractivity contribution in [2.45, 2.75) is 230 Å². The van der Waals surface area contributed by atoms with Gasteiger partial charge in [-0.05, 0) is 99.7 Å². The van der Waals surface area contributed by atoms with Crippen LogP contribution in [0.5, 0.6) is 0 Å². The highest BCUT2D eigenvalue weighted by atomic mass is 35.5. The third kappa shape index (κ3) is 21.3. The second-order valence-corrected chi connectivity index (χ2v) is 30.8. The Kier molecular flexibility index (Phi) is 30.7. The molecule has 3 saturated heterocycles. The summed E-state index contributed by atoms with van der Waals surface area (Å²) in [4.78, 5) is 192. The maximum absolute atomic E-state index is 15.9. The Morgan fingerprint density at radius 3 is 1.88 bits per heavy atom. The monoisotopic (exact) mass is 1490 g/mol. The number of benzene rings is 1. The standard InChI is InChI=1S/C74H114ClF3N12O14/c1-13-47(5)63-70(100)84(8)44-61(93)82(6)45-62(94)86(10)57(39-48-23-17-15-18-24-48)68(98)83(7)43-59(91)79-54(30-28-49-27-29-52(53(75)38-49)74(76,77)78)67(97)90-42-51(104-14-2)40-56(90)66(96)81-73(31-21-22-32-73)72(102)88(12)64(50-25-19-16-20-26-50)71(101)87(11)58(69(99)89-33-35-103-36-34-89)41-60(92)85(9)55(37-46(3)4)65(95)80-63/h27,29,38,46-48,50-51,54-58,63-64H,13-26,28,30-37,39-45H2,1-12H3,(H,79,91)(H,80,95)(H,81,96)/t47-,51+,54-,55-,56-,57-,58-,63-,64-/m0/s1. The van der Waals surface area contributed by atoms with E-state index in [0.29, 0.717) is 32.1 Å². The van der Waals surface area contributed by atoms with Gasteiger partial charge in [-0.1, -0.05) is 116 Å². The fraction of sp³-hybridized carbons (Fsp3) is 0.757. The number of carbonyl (C=O) groups excluding carboxylic acids is 12. The summed E-state index contributed by atoms with van der Waals surface area (Å²) >= 11 is 6.19. The summed E-state index contributed by atoms with van der Waals surface area (Å²) in [5.74, 6) is -9.25. The summed E-state index contributed by atoms with van der Waals surface area (Å²) in [6.45, 7) is 7.97. The van der Waals surface area contributed by atoms with E-state index < -0.39 is 179 Å². The molecule has 3 aliphatic heterocycles. The molecule has 1 spiro atoms. The molecule has 1 aromatic carbocycles. The molecule has 26 nitrogen and oxygen atoms in total. The second-order valence-electron chi connectivity index (χ2n) is 30.4. The lowest BCUT2D eigenvalue weighted by Crippen LogP contribution is -2.65. The predicted molar refractivity (Wildman–Crippen MR) is 381 cm³/mol. The summed E-state index contributed by atoms with van der Waals surface area (Å²) in [5, 5.41) is 8.16. The van der Waals surface area contributed by atoms with Crippen molar-refractivity contribution in [3.63, 3.8) is 0 Å². The van der Waals surface area contributed by atoms with Crippen molar-refractivity contribution in [1.29, 1.82) is 0 Å². The van der Waals surface area contributed by atoms with E-state index in [1.54, 1.807) is 13.8 Å². The molecule has 7 rings (SSSR count). The van der Waals surface area contributed by atoms with Gasteiger partial charge in [-0.25, -0.2) is 0 Å². The number of aryl methyl sites for hydroxylation is 1. The molecule has 1 aromatic rings. The van der Waals surface area contributed by atoms with Crippen LogP contribution in [0.15, 0.2) is 18.2 Å². The van der Waals surface area contributed by atoms with E-state index in [1.165, 1.54) is 84.8 Å². The fourth-order valence-corrected chi connectivity index (χ4v) is 16.2. The molecule has 582 valence electrons. The molecular weight excluding hydrogens is 1370 g/mol. The first-order valence-corrected chi connectivity index (χ1v) is 37.9. The lowest BCUT2D eigenvalue weighted by Gasteiger charge is -2.43. The first-order valence-electron chi connectivity index (χ1n) is 37.5. The number of carbonyl (C=O) groups is 12. The number of alkyl halides is 3. The van der Waals surface area contributed by atoms with Gasteiger partial charge in [-0.2, -0.15) is 13.2 Å². The molecule has 0 unspecified atom stereocenters. The lowest BCUT2D eigenvalue weighted by molar-refractivity contribution is -0.158. The number of fused-ring (bicyclic) bond motifs is 1. The van der Waals surface area contributed by atoms with Gasteiger partial charge in [0.05, 0.1) is 56.0 Å². The first-order chi connectivity index (χ1) is 49.1. The lowest BCUT2D eigenvalue weighted by atomic mass is 9.81. The highest BCUT2D eigenvalue weighted by molar-refractivity contribution is 6.31. The number of nitrogens with one attached hydrogen (secondary N) is 3. The van der Waals surface area contributed by atoms with Crippen molar-refractivity contribution in [2.24, 2.45) is 23.7 Å². The number of nitrogens with zero attached hydrogens (tertiary/aromatic N) is 9. The number of morpholine rings is 1. The Labute approximate surface area is 616 Å². The average molecular weight is 1490 g/mol. The van der Waals surface area contributed by atoms with Crippen LogP contribution >= 0.6 is 11.6 Å². The first kappa shape index (κ1) is 84.1. The van der Waals surface area contributed by atoms with Crippen molar-refractivity contribution < 1.29 is 80.2 Å². The summed E-state index contributed by atoms with van der Waals surface area (Å²) in [6.07, 6.45) is 3.03. The molecule has 3 heterocycles. The molecule has 104 heavy (non-hydrogen) atoms. The SMILES string of the molecule is CCO[C@@H]1C[C@H]2C(=O)NC3(CCCC3)C(=O)N(C)[C@@H](C3CCCCC3)C(=O)N(C)[C@H](C(=O)N3CCOCC3)CC(=O)N(C)[C@@H](CC(C)C)C(=O)N[C@@H]([C@@H](C)CC)C(=O)N(C)CC(=O)N(C)CC(=O)N(C)[C@@H](CC3CCCCC3)C(=O)N(C)CC(=O)N[C@@H](CCc3ccc(C(F)(F)F)c(Cl)c3)C(=O)N2C1. The van der Waals surface area contributed by atoms with Crippen LogP contribution in [0.2, 0.25) is 5.02 Å². The quantitative estimate of drug-likeness (QED) is 0.226. The molecule has 12 amide bonds. The van der Waals surface area contributed by atoms with Gasteiger partial charge in [0.15, 0.2) is 0 Å². The van der Waals surface area contributed by atoms with E-state index in [1.807, 2.05) is 20.8 Å². The van der Waals surface area contributed by atoms with E-state index in [0.717, 1.165) is 78.2 Å². The van der Waals surface area contributed by atoms with Gasteiger partial charge in [-0.15, -0.1) is 0 Å². The molecule has 6 fully saturated rings. The summed E-state index contributed by atoms with van der Waals surface area (Å²) in [5.41, 5.74) is -2.44. The largest absolute Gasteiger partial charge is 0.417 e. The molecule has 3 aliphatic carbocycles. The number of hydrogen-bond acceptors (Lipinski definition) is 14. The van der Waals surface area contributed by atoms with Gasteiger partial charge in [-0.3, -0.25) is 57.5 Å². The summed E-state index contributed by atoms with van der Waals surface area (Å²) < 4.78 is 53.6. The molecule has 0 bridgehead atoms. The van der Waals surface area contributed by atoms with Crippen molar-refractivity contribution in [3.05, 3.63) is 34.3 Å². The summed E-state index contributed by atoms with van der Waals surface area (Å²) in [6, 6.07) is -5.96. The molecule has 3 N–H and O–H groups in total. The van der Waals surface area contributed by atoms with E-state index in [4.69, 9.17) is 21.1 Å². The van der Waals surface area contributed by atoms with Gasteiger partial charge in [0.1, 0.15) is 47.8 Å². The van der Waals surface area contributed by atoms with Crippen LogP contribution in [0.4, 0.5) is 13.2 Å². The van der Waals surface area contributed by atoms with Crippen molar-refractivity contribution >= 4 is 82.5 Å². The van der Waals surface area contributed by atoms with Crippen LogP contribution in [-0.4, -0.2) is 277 Å². The minimum Gasteiger partial charge on any atom is -0.378 e. The van der Waals surface area contributed by atoms with E-state index in [-0.39, 0.29) is 102 Å². The smallest absolute Gasteiger partial charge is 0.378 e. The van der Waals surface area contributed by atoms with Gasteiger partial charge < -0.3 is 69.5 Å². The minimum atomic E-state index is -4.78. The Bertz CT molecular complexity index is 3210. The van der Waals surface area contributed by atoms with Crippen molar-refractivity contribution in [2.75, 3.05) is 108 Å². The van der Waals surface area contributed by atoms with Gasteiger partial charge >= 0.3 is 6.18 Å². The van der Waals surface area contributed by atoms with Crippen LogP contribution in [-0.2, 0) is 79.6 Å². The van der Waals surface area contributed by atoms with Crippen LogP contribution in [0.3, 0.4) is 0 Å². The highest BCUT2D eigenvalue weighted by Gasteiger charge is 2.52. The van der Waals surface area contributed by atoms with Gasteiger partial charge in [0, 0.05) is 82.0 Å². The maximum atomic E-state index is 15.9. The number of rotatable bonds is 13. The molecule has 30 heteroatoms. The Hall–Kier alpha value is -7.14. The number of amides is 12. The predicted octanol–water partition coefficient (Wildman–Crippen LogP) is 5.28. The summed E-state index contributed by atoms with van der Waals surface area (Å²) in [7, 11) is 9.91. The molecular formula is C74H114ClF3N12O14. The Balaban J connectivity index is 1.32. The van der Waals surface area contributed by atoms with E-state index in [9.17, 15) is 41.9 Å². The van der Waals surface area contributed by atoms with Crippen LogP contribution in [0.25, 0.3) is 0 Å². The topological polar surface area (TPSA) is 289 Å². The number of likely N-dealkylation sites (N-methyl/N-ethyl adjacent to an activating group) is 7. The zero-order chi connectivity index (χ0) is 76.7. The molecule has 3 saturated carbocycles. The van der Waals surface area contributed by atoms with Crippen molar-refractivity contribution in [1.82, 2.24) is 60.0 Å². The zero-order valence-electron chi connectivity index (χ0n) is 63.1. The third-order valence-electron chi connectivity index (χ3n) is 22.4. The normalized spacial score (nSPS) is 27.1. The fourth-order valence-electron chi connectivity index (χ4n) is 15.9. The Morgan fingerprint density at radius 2 is 1.29 bits per heavy atom. The van der Waals surface area contributed by atoms with E-state index in [2.05, 4.69) is 16.0 Å².